The molecule has 9 nitrogen and oxygen atoms in total. The zero-order valence-corrected chi connectivity index (χ0v) is 20.4. The van der Waals surface area contributed by atoms with E-state index in [0.717, 1.165) is 29.1 Å². The molecule has 0 saturated carbocycles. The summed E-state index contributed by atoms with van der Waals surface area (Å²) in [5.41, 5.74) is 4.28. The van der Waals surface area contributed by atoms with Crippen molar-refractivity contribution in [3.63, 3.8) is 0 Å². The number of ether oxygens (including phenoxy) is 1. The number of nitrogens with zero attached hydrogens (tertiary/aromatic N) is 4. The minimum Gasteiger partial charge on any atom is -0.468 e. The van der Waals surface area contributed by atoms with Crippen molar-refractivity contribution in [1.29, 1.82) is 0 Å². The first-order valence-electron chi connectivity index (χ1n) is 11.6. The van der Waals surface area contributed by atoms with Crippen molar-refractivity contribution >= 4 is 17.7 Å². The second-order valence-corrected chi connectivity index (χ2v) is 8.23. The van der Waals surface area contributed by atoms with E-state index < -0.39 is 11.9 Å². The molecule has 0 aliphatic carbocycles. The summed E-state index contributed by atoms with van der Waals surface area (Å²) in [6.45, 7) is 4.80. The number of hydrogen-bond donors (Lipinski definition) is 2. The third-order valence-corrected chi connectivity index (χ3v) is 5.70. The molecule has 2 N–H and O–H groups in total. The summed E-state index contributed by atoms with van der Waals surface area (Å²) in [6, 6.07) is 18.5. The SMILES string of the molecule is CCNc1cc(-c2cn(-c3ccccc3C(=O)NCC(C(=O)OC)c3cccc(C)c3)nn2)ccn1. The first-order valence-corrected chi connectivity index (χ1v) is 11.6. The number of rotatable bonds is 9. The van der Waals surface area contributed by atoms with E-state index in [0.29, 0.717) is 16.9 Å². The maximum Gasteiger partial charge on any atom is 0.314 e. The van der Waals surface area contributed by atoms with Crippen molar-refractivity contribution < 1.29 is 14.3 Å². The molecule has 0 fully saturated rings. The Balaban J connectivity index is 1.56. The third kappa shape index (κ3) is 5.57. The minimum absolute atomic E-state index is 0.0934. The van der Waals surface area contributed by atoms with Crippen LogP contribution in [0.15, 0.2) is 73.1 Å². The maximum absolute atomic E-state index is 13.2. The van der Waals surface area contributed by atoms with Gasteiger partial charge in [-0.25, -0.2) is 9.67 Å². The maximum atomic E-state index is 13.2. The first kappa shape index (κ1) is 24.6. The fourth-order valence-corrected chi connectivity index (χ4v) is 3.90. The van der Waals surface area contributed by atoms with E-state index in [1.54, 1.807) is 35.3 Å². The molecular weight excluding hydrogens is 456 g/mol. The monoisotopic (exact) mass is 484 g/mol. The van der Waals surface area contributed by atoms with Crippen LogP contribution in [-0.4, -0.2) is 52.1 Å². The second kappa shape index (κ2) is 11.3. The summed E-state index contributed by atoms with van der Waals surface area (Å²) in [5, 5.41) is 14.6. The molecule has 4 rings (SSSR count). The van der Waals surface area contributed by atoms with Gasteiger partial charge in [0.15, 0.2) is 0 Å². The predicted molar refractivity (Wildman–Crippen MR) is 137 cm³/mol. The Morgan fingerprint density at radius 3 is 2.69 bits per heavy atom. The van der Waals surface area contributed by atoms with Crippen LogP contribution in [0, 0.1) is 6.92 Å². The van der Waals surface area contributed by atoms with Gasteiger partial charge >= 0.3 is 5.97 Å². The molecule has 1 atom stereocenters. The van der Waals surface area contributed by atoms with Gasteiger partial charge in [0, 0.05) is 24.8 Å². The number of pyridine rings is 1. The van der Waals surface area contributed by atoms with E-state index >= 15 is 0 Å². The molecule has 0 aliphatic rings. The zero-order valence-electron chi connectivity index (χ0n) is 20.4. The molecule has 2 heterocycles. The lowest BCUT2D eigenvalue weighted by molar-refractivity contribution is -0.142. The zero-order chi connectivity index (χ0) is 25.5. The van der Waals surface area contributed by atoms with Gasteiger partial charge in [-0.3, -0.25) is 9.59 Å². The number of benzene rings is 2. The van der Waals surface area contributed by atoms with Crippen molar-refractivity contribution in [1.82, 2.24) is 25.3 Å². The number of methoxy groups -OCH3 is 1. The summed E-state index contributed by atoms with van der Waals surface area (Å²) in [5.74, 6) is -0.619. The Labute approximate surface area is 209 Å². The molecule has 36 heavy (non-hydrogen) atoms. The molecule has 184 valence electrons. The van der Waals surface area contributed by atoms with Crippen molar-refractivity contribution in [2.24, 2.45) is 0 Å². The van der Waals surface area contributed by atoms with Gasteiger partial charge in [-0.05, 0) is 43.7 Å². The number of hydrogen-bond acceptors (Lipinski definition) is 7. The summed E-state index contributed by atoms with van der Waals surface area (Å²) < 4.78 is 6.55. The number of aromatic nitrogens is 4. The van der Waals surface area contributed by atoms with Gasteiger partial charge < -0.3 is 15.4 Å². The number of amides is 1. The number of carbonyl (C=O) groups excluding carboxylic acids is 2. The standard InChI is InChI=1S/C27H28N6O3/c1-4-28-25-15-20(12-13-29-25)23-17-33(32-31-23)24-11-6-5-10-21(24)26(34)30-16-22(27(35)36-3)19-9-7-8-18(2)14-19/h5-15,17,22H,4,16H2,1-3H3,(H,28,29)(H,30,34). The Morgan fingerprint density at radius 2 is 1.92 bits per heavy atom. The normalized spacial score (nSPS) is 11.5. The number of carbonyl (C=O) groups is 2. The summed E-state index contributed by atoms with van der Waals surface area (Å²) >= 11 is 0. The van der Waals surface area contributed by atoms with Gasteiger partial charge in [-0.1, -0.05) is 47.2 Å². The Hall–Kier alpha value is -4.53. The second-order valence-electron chi connectivity index (χ2n) is 8.23. The van der Waals surface area contributed by atoms with Gasteiger partial charge in [0.1, 0.15) is 11.5 Å². The minimum atomic E-state index is -0.624. The lowest BCUT2D eigenvalue weighted by Gasteiger charge is -2.17. The lowest BCUT2D eigenvalue weighted by atomic mass is 9.97. The average Bonchev–Trinajstić information content (AvgIpc) is 3.39. The van der Waals surface area contributed by atoms with Crippen molar-refractivity contribution in [3.05, 3.63) is 89.7 Å². The smallest absolute Gasteiger partial charge is 0.314 e. The van der Waals surface area contributed by atoms with Crippen LogP contribution in [0.4, 0.5) is 5.82 Å². The highest BCUT2D eigenvalue weighted by Crippen LogP contribution is 2.22. The lowest BCUT2D eigenvalue weighted by Crippen LogP contribution is -2.33. The van der Waals surface area contributed by atoms with E-state index in [2.05, 4.69) is 25.9 Å². The molecule has 9 heteroatoms. The molecule has 2 aromatic heterocycles. The van der Waals surface area contributed by atoms with Crippen LogP contribution in [0.25, 0.3) is 16.9 Å². The van der Waals surface area contributed by atoms with Crippen molar-refractivity contribution in [3.8, 4) is 16.9 Å². The van der Waals surface area contributed by atoms with Crippen molar-refractivity contribution in [2.45, 2.75) is 19.8 Å². The fourth-order valence-electron chi connectivity index (χ4n) is 3.90. The summed E-state index contributed by atoms with van der Waals surface area (Å²) in [4.78, 5) is 29.9. The molecule has 4 aromatic rings. The van der Waals surface area contributed by atoms with Crippen LogP contribution in [0.2, 0.25) is 0 Å². The summed E-state index contributed by atoms with van der Waals surface area (Å²) in [6.07, 6.45) is 3.47. The largest absolute Gasteiger partial charge is 0.468 e. The predicted octanol–water partition coefficient (Wildman–Crippen LogP) is 3.76. The van der Waals surface area contributed by atoms with Crippen LogP contribution < -0.4 is 10.6 Å². The average molecular weight is 485 g/mol. The fraction of sp³-hybridized carbons (Fsp3) is 0.222. The van der Waals surface area contributed by atoms with Crippen LogP contribution in [0.1, 0.15) is 34.3 Å². The van der Waals surface area contributed by atoms with Crippen LogP contribution in [0.3, 0.4) is 0 Å². The number of nitrogens with one attached hydrogen (secondary N) is 2. The molecular formula is C27H28N6O3. The van der Waals surface area contributed by atoms with Gasteiger partial charge in [0.2, 0.25) is 0 Å². The van der Waals surface area contributed by atoms with Crippen LogP contribution in [0.5, 0.6) is 0 Å². The molecule has 0 bridgehead atoms. The van der Waals surface area contributed by atoms with E-state index in [4.69, 9.17) is 4.74 Å². The van der Waals surface area contributed by atoms with Gasteiger partial charge in [-0.15, -0.1) is 5.10 Å². The summed E-state index contributed by atoms with van der Waals surface area (Å²) in [7, 11) is 1.34. The number of anilines is 1. The first-order chi connectivity index (χ1) is 17.5. The molecule has 1 unspecified atom stereocenters. The molecule has 1 amide bonds. The van der Waals surface area contributed by atoms with E-state index in [1.165, 1.54) is 7.11 Å². The molecule has 2 aromatic carbocycles. The van der Waals surface area contributed by atoms with E-state index in [1.807, 2.05) is 56.3 Å². The van der Waals surface area contributed by atoms with Crippen LogP contribution in [-0.2, 0) is 9.53 Å². The highest BCUT2D eigenvalue weighted by molar-refractivity contribution is 5.98. The quantitative estimate of drug-likeness (QED) is 0.348. The Kier molecular flexibility index (Phi) is 7.69. The topological polar surface area (TPSA) is 111 Å². The van der Waals surface area contributed by atoms with Crippen LogP contribution >= 0.6 is 0 Å². The highest BCUT2D eigenvalue weighted by atomic mass is 16.5. The Bertz CT molecular complexity index is 1370. The van der Waals surface area contributed by atoms with Crippen molar-refractivity contribution in [2.75, 3.05) is 25.5 Å². The van der Waals surface area contributed by atoms with E-state index in [9.17, 15) is 9.59 Å². The molecule has 0 saturated heterocycles. The highest BCUT2D eigenvalue weighted by Gasteiger charge is 2.23. The molecule has 0 aliphatic heterocycles. The molecule has 0 radical (unpaired) electrons. The number of para-hydroxylation sites is 1. The Morgan fingerprint density at radius 1 is 1.08 bits per heavy atom. The van der Waals surface area contributed by atoms with Gasteiger partial charge in [0.05, 0.1) is 30.5 Å². The van der Waals surface area contributed by atoms with E-state index in [-0.39, 0.29) is 12.5 Å². The number of esters is 1. The third-order valence-electron chi connectivity index (χ3n) is 5.70. The van der Waals surface area contributed by atoms with Gasteiger partial charge in [0.25, 0.3) is 5.91 Å². The molecule has 0 spiro atoms. The van der Waals surface area contributed by atoms with Gasteiger partial charge in [-0.2, -0.15) is 0 Å². The number of aryl methyl sites for hydroxylation is 1.